The van der Waals surface area contributed by atoms with Crippen LogP contribution in [0.25, 0.3) is 0 Å². The van der Waals surface area contributed by atoms with E-state index in [2.05, 4.69) is 27.6 Å². The first kappa shape index (κ1) is 9.21. The normalized spacial score (nSPS) is 17.6. The van der Waals surface area contributed by atoms with Crippen molar-refractivity contribution in [1.82, 2.24) is 10.3 Å². The molecule has 0 saturated carbocycles. The third kappa shape index (κ3) is 2.57. The van der Waals surface area contributed by atoms with Gasteiger partial charge in [-0.15, -0.1) is 0 Å². The smallest absolute Gasteiger partial charge is 0.0542 e. The molecule has 1 aliphatic rings. The fourth-order valence-electron chi connectivity index (χ4n) is 1.46. The van der Waals surface area contributed by atoms with Crippen molar-refractivity contribution < 1.29 is 0 Å². The van der Waals surface area contributed by atoms with Crippen LogP contribution in [0.15, 0.2) is 35.4 Å². The molecule has 0 aliphatic carbocycles. The topological polar surface area (TPSA) is 27.6 Å². The molecule has 0 bridgehead atoms. The molecule has 1 heterocycles. The molecule has 1 fully saturated rings. The average molecular weight is 189 g/mol. The highest BCUT2D eigenvalue weighted by Crippen LogP contribution is 1.97. The van der Waals surface area contributed by atoms with Crippen LogP contribution < -0.4 is 5.32 Å². The Morgan fingerprint density at radius 2 is 1.86 bits per heavy atom. The van der Waals surface area contributed by atoms with Crippen molar-refractivity contribution in [3.63, 3.8) is 0 Å². The van der Waals surface area contributed by atoms with E-state index in [1.54, 1.807) is 0 Å². The monoisotopic (exact) mass is 189 g/mol. The average Bonchev–Trinajstić information content (AvgIpc) is 2.29. The first-order valence-electron chi connectivity index (χ1n) is 5.00. The van der Waals surface area contributed by atoms with Crippen LogP contribution in [-0.2, 0) is 0 Å². The number of benzene rings is 1. The second kappa shape index (κ2) is 4.77. The predicted molar refractivity (Wildman–Crippen MR) is 58.5 cm³/mol. The summed E-state index contributed by atoms with van der Waals surface area (Å²) < 4.78 is 0. The number of hydrogen-bond acceptors (Lipinski definition) is 3. The number of nitrogens with zero attached hydrogens (tertiary/aromatic N) is 2. The van der Waals surface area contributed by atoms with Crippen molar-refractivity contribution in [1.29, 1.82) is 0 Å². The molecule has 0 aromatic heterocycles. The number of rotatable bonds is 2. The molecular formula is C11H15N3. The fraction of sp³-hybridized carbons (Fsp3) is 0.364. The molecule has 0 amide bonds. The van der Waals surface area contributed by atoms with Crippen LogP contribution >= 0.6 is 0 Å². The predicted octanol–water partition coefficient (Wildman–Crippen LogP) is 0.926. The molecule has 1 saturated heterocycles. The van der Waals surface area contributed by atoms with E-state index in [9.17, 15) is 0 Å². The maximum atomic E-state index is 4.42. The first-order chi connectivity index (χ1) is 6.95. The summed E-state index contributed by atoms with van der Waals surface area (Å²) in [5.74, 6) is 0. The maximum absolute atomic E-state index is 4.42. The lowest BCUT2D eigenvalue weighted by molar-refractivity contribution is 0.253. The zero-order chi connectivity index (χ0) is 9.64. The Kier molecular flexibility index (Phi) is 3.14. The number of piperazine rings is 1. The third-order valence-electron chi connectivity index (χ3n) is 2.26. The maximum Gasteiger partial charge on any atom is 0.0542 e. The second-order valence-electron chi connectivity index (χ2n) is 3.36. The molecule has 0 unspecified atom stereocenters. The summed E-state index contributed by atoms with van der Waals surface area (Å²) in [7, 11) is 0. The number of hydrogen-bond donors (Lipinski definition) is 1. The SMILES string of the molecule is C(=NN1CCNCC1)c1ccccc1. The Labute approximate surface area is 84.4 Å². The Hall–Kier alpha value is -1.35. The summed E-state index contributed by atoms with van der Waals surface area (Å²) in [6.45, 7) is 4.07. The highest BCUT2D eigenvalue weighted by Gasteiger charge is 2.04. The van der Waals surface area contributed by atoms with E-state index in [0.29, 0.717) is 0 Å². The van der Waals surface area contributed by atoms with Gasteiger partial charge in [0.15, 0.2) is 0 Å². The zero-order valence-electron chi connectivity index (χ0n) is 8.19. The van der Waals surface area contributed by atoms with Crippen LogP contribution in [0.1, 0.15) is 5.56 Å². The molecule has 1 aliphatic heterocycles. The molecule has 3 nitrogen and oxygen atoms in total. The molecule has 14 heavy (non-hydrogen) atoms. The fourth-order valence-corrected chi connectivity index (χ4v) is 1.46. The lowest BCUT2D eigenvalue weighted by Gasteiger charge is -2.24. The van der Waals surface area contributed by atoms with Gasteiger partial charge >= 0.3 is 0 Å². The Morgan fingerprint density at radius 1 is 1.14 bits per heavy atom. The van der Waals surface area contributed by atoms with E-state index in [0.717, 1.165) is 31.7 Å². The Morgan fingerprint density at radius 3 is 2.57 bits per heavy atom. The van der Waals surface area contributed by atoms with Gasteiger partial charge in [0, 0.05) is 26.2 Å². The highest BCUT2D eigenvalue weighted by molar-refractivity contribution is 5.79. The Bertz CT molecular complexity index is 289. The summed E-state index contributed by atoms with van der Waals surface area (Å²) in [5, 5.41) is 9.82. The molecule has 2 rings (SSSR count). The summed E-state index contributed by atoms with van der Waals surface area (Å²) in [6, 6.07) is 10.2. The van der Waals surface area contributed by atoms with Crippen LogP contribution in [-0.4, -0.2) is 37.4 Å². The molecular weight excluding hydrogens is 174 g/mol. The van der Waals surface area contributed by atoms with Crippen LogP contribution in [0.5, 0.6) is 0 Å². The standard InChI is InChI=1S/C11H15N3/c1-2-4-11(5-3-1)10-13-14-8-6-12-7-9-14/h1-5,10,12H,6-9H2. The minimum atomic E-state index is 1.00. The molecule has 0 atom stereocenters. The van der Waals surface area contributed by atoms with Gasteiger partial charge in [0.05, 0.1) is 6.21 Å². The molecule has 1 aromatic rings. The van der Waals surface area contributed by atoms with Gasteiger partial charge < -0.3 is 5.32 Å². The van der Waals surface area contributed by atoms with Gasteiger partial charge in [0.25, 0.3) is 0 Å². The van der Waals surface area contributed by atoms with Crippen LogP contribution in [0.4, 0.5) is 0 Å². The highest BCUT2D eigenvalue weighted by atomic mass is 15.5. The molecule has 74 valence electrons. The lowest BCUT2D eigenvalue weighted by Crippen LogP contribution is -2.40. The summed E-state index contributed by atoms with van der Waals surface area (Å²) in [5.41, 5.74) is 1.16. The molecule has 1 aromatic carbocycles. The number of nitrogens with one attached hydrogen (secondary N) is 1. The number of hydrazone groups is 1. The second-order valence-corrected chi connectivity index (χ2v) is 3.36. The molecule has 3 heteroatoms. The minimum absolute atomic E-state index is 1.00. The van der Waals surface area contributed by atoms with E-state index in [1.807, 2.05) is 24.4 Å². The lowest BCUT2D eigenvalue weighted by atomic mass is 10.2. The molecule has 0 radical (unpaired) electrons. The van der Waals surface area contributed by atoms with Crippen molar-refractivity contribution in [2.45, 2.75) is 0 Å². The van der Waals surface area contributed by atoms with Crippen molar-refractivity contribution in [3.05, 3.63) is 35.9 Å². The zero-order valence-corrected chi connectivity index (χ0v) is 8.19. The van der Waals surface area contributed by atoms with Gasteiger partial charge in [-0.2, -0.15) is 5.10 Å². The van der Waals surface area contributed by atoms with Gasteiger partial charge in [-0.05, 0) is 5.56 Å². The van der Waals surface area contributed by atoms with Crippen molar-refractivity contribution in [3.8, 4) is 0 Å². The van der Waals surface area contributed by atoms with E-state index >= 15 is 0 Å². The van der Waals surface area contributed by atoms with E-state index < -0.39 is 0 Å². The summed E-state index contributed by atoms with van der Waals surface area (Å²) >= 11 is 0. The van der Waals surface area contributed by atoms with Crippen molar-refractivity contribution in [2.75, 3.05) is 26.2 Å². The van der Waals surface area contributed by atoms with E-state index in [4.69, 9.17) is 0 Å². The Balaban J connectivity index is 1.93. The van der Waals surface area contributed by atoms with Gasteiger partial charge in [-0.25, -0.2) is 0 Å². The van der Waals surface area contributed by atoms with Gasteiger partial charge in [0.1, 0.15) is 0 Å². The summed E-state index contributed by atoms with van der Waals surface area (Å²) in [6.07, 6.45) is 1.92. The van der Waals surface area contributed by atoms with Crippen LogP contribution in [0, 0.1) is 0 Å². The quantitative estimate of drug-likeness (QED) is 0.701. The summed E-state index contributed by atoms with van der Waals surface area (Å²) in [4.78, 5) is 0. The largest absolute Gasteiger partial charge is 0.313 e. The van der Waals surface area contributed by atoms with Crippen LogP contribution in [0.3, 0.4) is 0 Å². The van der Waals surface area contributed by atoms with Crippen molar-refractivity contribution in [2.24, 2.45) is 5.10 Å². The minimum Gasteiger partial charge on any atom is -0.313 e. The van der Waals surface area contributed by atoms with E-state index in [-0.39, 0.29) is 0 Å². The van der Waals surface area contributed by atoms with Gasteiger partial charge in [-0.1, -0.05) is 30.3 Å². The third-order valence-corrected chi connectivity index (χ3v) is 2.26. The molecule has 0 spiro atoms. The first-order valence-corrected chi connectivity index (χ1v) is 5.00. The van der Waals surface area contributed by atoms with Gasteiger partial charge in [0.2, 0.25) is 0 Å². The molecule has 1 N–H and O–H groups in total. The van der Waals surface area contributed by atoms with E-state index in [1.165, 1.54) is 0 Å². The van der Waals surface area contributed by atoms with Crippen LogP contribution in [0.2, 0.25) is 0 Å². The van der Waals surface area contributed by atoms with Gasteiger partial charge in [-0.3, -0.25) is 5.01 Å². The van der Waals surface area contributed by atoms with Crippen molar-refractivity contribution >= 4 is 6.21 Å².